The molecule has 5 nitrogen and oxygen atoms in total. The van der Waals surface area contributed by atoms with E-state index < -0.39 is 12.0 Å². The molecule has 0 saturated carbocycles. The highest BCUT2D eigenvalue weighted by Gasteiger charge is 2.21. The van der Waals surface area contributed by atoms with E-state index in [0.717, 1.165) is 5.39 Å². The Balaban J connectivity index is 1.67. The summed E-state index contributed by atoms with van der Waals surface area (Å²) in [5.41, 5.74) is 1.21. The van der Waals surface area contributed by atoms with Gasteiger partial charge >= 0.3 is 5.97 Å². The zero-order valence-electron chi connectivity index (χ0n) is 13.4. The first-order valence-electron chi connectivity index (χ1n) is 7.86. The van der Waals surface area contributed by atoms with Crippen molar-refractivity contribution in [2.45, 2.75) is 19.0 Å². The van der Waals surface area contributed by atoms with Gasteiger partial charge in [0.2, 0.25) is 5.91 Å². The van der Waals surface area contributed by atoms with Crippen LogP contribution in [-0.4, -0.2) is 21.6 Å². The summed E-state index contributed by atoms with van der Waals surface area (Å²) in [6.07, 6.45) is 1.88. The first kappa shape index (κ1) is 16.7. The molecular weight excluding hydrogens is 323 g/mol. The Morgan fingerprint density at radius 1 is 1.12 bits per heavy atom. The first-order chi connectivity index (χ1) is 12.0. The second-order valence-corrected chi connectivity index (χ2v) is 5.71. The van der Waals surface area contributed by atoms with Gasteiger partial charge in [0.1, 0.15) is 5.82 Å². The van der Waals surface area contributed by atoms with Crippen LogP contribution >= 0.6 is 0 Å². The van der Waals surface area contributed by atoms with Crippen LogP contribution in [0.4, 0.5) is 4.39 Å². The Kier molecular flexibility index (Phi) is 4.79. The van der Waals surface area contributed by atoms with Crippen molar-refractivity contribution in [2.75, 3.05) is 0 Å². The number of hydrogen-bond donors (Lipinski definition) is 2. The average Bonchev–Trinajstić information content (AvgIpc) is 3.00. The minimum Gasteiger partial charge on any atom is -0.479 e. The molecule has 1 atom stereocenters. The summed E-state index contributed by atoms with van der Waals surface area (Å²) in [6, 6.07) is 13.8. The fourth-order valence-electron chi connectivity index (χ4n) is 2.74. The van der Waals surface area contributed by atoms with E-state index in [9.17, 15) is 19.1 Å². The number of fused-ring (bicyclic) bond motifs is 1. The molecule has 1 amide bonds. The van der Waals surface area contributed by atoms with Crippen LogP contribution in [0.3, 0.4) is 0 Å². The summed E-state index contributed by atoms with van der Waals surface area (Å²) in [5.74, 6) is -1.84. The summed E-state index contributed by atoms with van der Waals surface area (Å²) in [6.45, 7) is 0.333. The van der Waals surface area contributed by atoms with Gasteiger partial charge in [-0.3, -0.25) is 4.79 Å². The van der Waals surface area contributed by atoms with Crippen molar-refractivity contribution in [3.8, 4) is 0 Å². The molecule has 0 spiro atoms. The number of amides is 1. The lowest BCUT2D eigenvalue weighted by Crippen LogP contribution is -2.34. The predicted molar refractivity (Wildman–Crippen MR) is 91.5 cm³/mol. The Hall–Kier alpha value is -3.15. The molecule has 3 rings (SSSR count). The van der Waals surface area contributed by atoms with Crippen LogP contribution in [-0.2, 0) is 16.1 Å². The third-order valence-electron chi connectivity index (χ3n) is 4.00. The quantitative estimate of drug-likeness (QED) is 0.724. The van der Waals surface area contributed by atoms with Crippen molar-refractivity contribution < 1.29 is 19.1 Å². The molecule has 0 saturated heterocycles. The van der Waals surface area contributed by atoms with E-state index in [4.69, 9.17) is 0 Å². The molecule has 0 radical (unpaired) electrons. The second-order valence-electron chi connectivity index (χ2n) is 5.71. The SMILES string of the molecule is O=C(CCn1ccc2ccc(F)cc21)N[C@H](C(=O)O)c1ccccc1. The number of aryl methyl sites for hydroxylation is 1. The zero-order valence-corrected chi connectivity index (χ0v) is 13.4. The minimum absolute atomic E-state index is 0.0942. The number of carbonyl (C=O) groups excluding carboxylic acids is 1. The standard InChI is InChI=1S/C19H17FN2O3/c20-15-7-6-13-8-10-22(16(13)12-15)11-9-17(23)21-18(19(24)25)14-4-2-1-3-5-14/h1-8,10,12,18H,9,11H2,(H,21,23)(H,24,25)/t18-/m0/s1. The highest BCUT2D eigenvalue weighted by molar-refractivity contribution is 5.85. The van der Waals surface area contributed by atoms with E-state index >= 15 is 0 Å². The number of carboxylic acids is 1. The molecule has 128 valence electrons. The number of halogens is 1. The normalized spacial score (nSPS) is 12.0. The third-order valence-corrected chi connectivity index (χ3v) is 4.00. The molecule has 25 heavy (non-hydrogen) atoms. The number of benzene rings is 2. The largest absolute Gasteiger partial charge is 0.479 e. The Labute approximate surface area is 143 Å². The highest BCUT2D eigenvalue weighted by Crippen LogP contribution is 2.18. The molecule has 6 heteroatoms. The molecule has 0 unspecified atom stereocenters. The van der Waals surface area contributed by atoms with Crippen LogP contribution in [0, 0.1) is 5.82 Å². The van der Waals surface area contributed by atoms with Crippen molar-refractivity contribution in [3.05, 3.63) is 72.2 Å². The van der Waals surface area contributed by atoms with Gasteiger partial charge in [-0.2, -0.15) is 0 Å². The Morgan fingerprint density at radius 2 is 1.88 bits per heavy atom. The number of rotatable bonds is 6. The minimum atomic E-state index is -1.12. The van der Waals surface area contributed by atoms with Gasteiger partial charge in [0.05, 0.1) is 5.52 Å². The van der Waals surface area contributed by atoms with Gasteiger partial charge in [0.15, 0.2) is 6.04 Å². The maximum atomic E-state index is 13.4. The average molecular weight is 340 g/mol. The molecule has 1 aromatic heterocycles. The number of nitrogens with zero attached hydrogens (tertiary/aromatic N) is 1. The predicted octanol–water partition coefficient (Wildman–Crippen LogP) is 3.11. The number of nitrogens with one attached hydrogen (secondary N) is 1. The lowest BCUT2D eigenvalue weighted by Gasteiger charge is -2.15. The molecule has 2 N–H and O–H groups in total. The van der Waals surface area contributed by atoms with Crippen LogP contribution in [0.15, 0.2) is 60.8 Å². The summed E-state index contributed by atoms with van der Waals surface area (Å²) >= 11 is 0. The number of hydrogen-bond acceptors (Lipinski definition) is 2. The van der Waals surface area contributed by atoms with E-state index in [-0.39, 0.29) is 18.1 Å². The summed E-state index contributed by atoms with van der Waals surface area (Å²) in [4.78, 5) is 23.6. The van der Waals surface area contributed by atoms with Crippen molar-refractivity contribution >= 4 is 22.8 Å². The molecule has 1 heterocycles. The van der Waals surface area contributed by atoms with Gasteiger partial charge in [-0.15, -0.1) is 0 Å². The molecule has 2 aromatic carbocycles. The smallest absolute Gasteiger partial charge is 0.330 e. The van der Waals surface area contributed by atoms with E-state index in [1.54, 1.807) is 47.2 Å². The summed E-state index contributed by atoms with van der Waals surface area (Å²) < 4.78 is 15.2. The second kappa shape index (κ2) is 7.17. The molecular formula is C19H17FN2O3. The Morgan fingerprint density at radius 3 is 2.60 bits per heavy atom. The molecule has 0 aliphatic carbocycles. The maximum Gasteiger partial charge on any atom is 0.330 e. The van der Waals surface area contributed by atoms with Gasteiger partial charge in [0, 0.05) is 19.2 Å². The van der Waals surface area contributed by atoms with E-state index in [1.807, 2.05) is 6.07 Å². The number of aromatic nitrogens is 1. The van der Waals surface area contributed by atoms with Crippen LogP contribution in [0.5, 0.6) is 0 Å². The highest BCUT2D eigenvalue weighted by atomic mass is 19.1. The summed E-state index contributed by atoms with van der Waals surface area (Å²) in [5, 5.41) is 12.8. The molecule has 3 aromatic rings. The lowest BCUT2D eigenvalue weighted by molar-refractivity contribution is -0.142. The van der Waals surface area contributed by atoms with E-state index in [0.29, 0.717) is 17.6 Å². The number of carboxylic acid groups (broad SMARTS) is 1. The maximum absolute atomic E-state index is 13.4. The van der Waals surface area contributed by atoms with Crippen LogP contribution in [0.2, 0.25) is 0 Å². The van der Waals surface area contributed by atoms with Crippen molar-refractivity contribution in [1.82, 2.24) is 9.88 Å². The van der Waals surface area contributed by atoms with Crippen LogP contribution in [0.25, 0.3) is 10.9 Å². The van der Waals surface area contributed by atoms with Crippen LogP contribution < -0.4 is 5.32 Å². The van der Waals surface area contributed by atoms with E-state index in [1.165, 1.54) is 12.1 Å². The number of carbonyl (C=O) groups is 2. The monoisotopic (exact) mass is 340 g/mol. The topological polar surface area (TPSA) is 71.3 Å². The molecule has 0 aliphatic heterocycles. The third kappa shape index (κ3) is 3.85. The van der Waals surface area contributed by atoms with Crippen LogP contribution in [0.1, 0.15) is 18.0 Å². The summed E-state index contributed by atoms with van der Waals surface area (Å²) in [7, 11) is 0. The molecule has 0 bridgehead atoms. The first-order valence-corrected chi connectivity index (χ1v) is 7.86. The van der Waals surface area contributed by atoms with Crippen molar-refractivity contribution in [3.63, 3.8) is 0 Å². The number of aliphatic carboxylic acids is 1. The van der Waals surface area contributed by atoms with Gasteiger partial charge in [-0.1, -0.05) is 30.3 Å². The zero-order chi connectivity index (χ0) is 17.8. The molecule has 0 aliphatic rings. The fraction of sp³-hybridized carbons (Fsp3) is 0.158. The van der Waals surface area contributed by atoms with Crippen molar-refractivity contribution in [2.24, 2.45) is 0 Å². The van der Waals surface area contributed by atoms with Gasteiger partial charge in [-0.25, -0.2) is 9.18 Å². The van der Waals surface area contributed by atoms with Gasteiger partial charge in [0.25, 0.3) is 0 Å². The van der Waals surface area contributed by atoms with Gasteiger partial charge in [-0.05, 0) is 35.2 Å². The van der Waals surface area contributed by atoms with Crippen molar-refractivity contribution in [1.29, 1.82) is 0 Å². The van der Waals surface area contributed by atoms with E-state index in [2.05, 4.69) is 5.32 Å². The van der Waals surface area contributed by atoms with Gasteiger partial charge < -0.3 is 15.0 Å². The molecule has 0 fully saturated rings. The fourth-order valence-corrected chi connectivity index (χ4v) is 2.74. The Bertz CT molecular complexity index is 905. The lowest BCUT2D eigenvalue weighted by atomic mass is 10.1.